The summed E-state index contributed by atoms with van der Waals surface area (Å²) in [6.07, 6.45) is 4.49. The van der Waals surface area contributed by atoms with Gasteiger partial charge in [0.1, 0.15) is 0 Å². The Morgan fingerprint density at radius 1 is 1.35 bits per heavy atom. The van der Waals surface area contributed by atoms with E-state index in [0.29, 0.717) is 13.0 Å². The molecule has 0 bridgehead atoms. The second-order valence-electron chi connectivity index (χ2n) is 4.02. The van der Waals surface area contributed by atoms with Gasteiger partial charge in [0.05, 0.1) is 5.69 Å². The SMILES string of the molecule is CN1C(=O)CCN1c1ccc(/C=C/CN)cc1. The number of nitrogens with zero attached hydrogens (tertiary/aromatic N) is 2. The molecule has 1 aliphatic heterocycles. The Bertz CT molecular complexity index is 425. The van der Waals surface area contributed by atoms with Crippen LogP contribution in [0.1, 0.15) is 12.0 Å². The summed E-state index contributed by atoms with van der Waals surface area (Å²) in [5, 5.41) is 3.66. The number of hydrogen-bond acceptors (Lipinski definition) is 3. The number of nitrogens with two attached hydrogens (primary N) is 1. The normalized spacial score (nSPS) is 16.2. The molecule has 1 heterocycles. The van der Waals surface area contributed by atoms with E-state index in [-0.39, 0.29) is 5.91 Å². The first-order valence-corrected chi connectivity index (χ1v) is 5.73. The zero-order valence-electron chi connectivity index (χ0n) is 9.97. The molecule has 1 fully saturated rings. The summed E-state index contributed by atoms with van der Waals surface area (Å²) in [6.45, 7) is 1.30. The van der Waals surface area contributed by atoms with Crippen LogP contribution in [-0.2, 0) is 4.79 Å². The van der Waals surface area contributed by atoms with Crippen LogP contribution in [0.5, 0.6) is 0 Å². The van der Waals surface area contributed by atoms with Gasteiger partial charge >= 0.3 is 0 Å². The van der Waals surface area contributed by atoms with Gasteiger partial charge in [0.25, 0.3) is 0 Å². The summed E-state index contributed by atoms with van der Waals surface area (Å²) < 4.78 is 0. The first kappa shape index (κ1) is 11.7. The van der Waals surface area contributed by atoms with Crippen LogP contribution in [-0.4, -0.2) is 31.1 Å². The van der Waals surface area contributed by atoms with Crippen LogP contribution < -0.4 is 10.7 Å². The van der Waals surface area contributed by atoms with Crippen molar-refractivity contribution in [2.75, 3.05) is 25.1 Å². The van der Waals surface area contributed by atoms with E-state index in [1.165, 1.54) is 0 Å². The largest absolute Gasteiger partial charge is 0.327 e. The maximum absolute atomic E-state index is 11.4. The molecular formula is C13H17N3O. The molecule has 1 saturated heterocycles. The van der Waals surface area contributed by atoms with E-state index in [9.17, 15) is 4.79 Å². The van der Waals surface area contributed by atoms with Gasteiger partial charge in [-0.25, -0.2) is 0 Å². The van der Waals surface area contributed by atoms with Crippen LogP contribution >= 0.6 is 0 Å². The van der Waals surface area contributed by atoms with Gasteiger partial charge < -0.3 is 5.73 Å². The van der Waals surface area contributed by atoms with E-state index in [2.05, 4.69) is 0 Å². The molecule has 1 amide bonds. The molecule has 4 heteroatoms. The lowest BCUT2D eigenvalue weighted by Gasteiger charge is -2.26. The zero-order valence-corrected chi connectivity index (χ0v) is 9.97. The molecule has 0 atom stereocenters. The molecular weight excluding hydrogens is 214 g/mol. The van der Waals surface area contributed by atoms with E-state index in [1.54, 1.807) is 12.1 Å². The van der Waals surface area contributed by atoms with Crippen molar-refractivity contribution in [3.8, 4) is 0 Å². The maximum atomic E-state index is 11.4. The van der Waals surface area contributed by atoms with Gasteiger partial charge in [-0.3, -0.25) is 14.8 Å². The summed E-state index contributed by atoms with van der Waals surface area (Å²) in [6, 6.07) is 8.09. The number of carbonyl (C=O) groups excluding carboxylic acids is 1. The molecule has 1 aliphatic rings. The molecule has 0 aliphatic carbocycles. The summed E-state index contributed by atoms with van der Waals surface area (Å²) >= 11 is 0. The summed E-state index contributed by atoms with van der Waals surface area (Å²) in [5.41, 5.74) is 7.56. The van der Waals surface area contributed by atoms with Crippen LogP contribution in [0.4, 0.5) is 5.69 Å². The number of benzene rings is 1. The molecule has 0 saturated carbocycles. The van der Waals surface area contributed by atoms with Crippen LogP contribution in [0, 0.1) is 0 Å². The molecule has 0 unspecified atom stereocenters. The summed E-state index contributed by atoms with van der Waals surface area (Å²) in [5.74, 6) is 0.164. The number of amides is 1. The van der Waals surface area contributed by atoms with Gasteiger partial charge in [0.2, 0.25) is 5.91 Å². The fraction of sp³-hybridized carbons (Fsp3) is 0.308. The average Bonchev–Trinajstić information content (AvgIpc) is 2.68. The van der Waals surface area contributed by atoms with Crippen molar-refractivity contribution in [2.24, 2.45) is 5.73 Å². The highest BCUT2D eigenvalue weighted by atomic mass is 16.2. The number of rotatable bonds is 3. The topological polar surface area (TPSA) is 49.6 Å². The Kier molecular flexibility index (Phi) is 3.44. The Morgan fingerprint density at radius 2 is 2.06 bits per heavy atom. The number of hydrogen-bond donors (Lipinski definition) is 1. The second-order valence-corrected chi connectivity index (χ2v) is 4.02. The minimum absolute atomic E-state index is 0.164. The monoisotopic (exact) mass is 231 g/mol. The van der Waals surface area contributed by atoms with Crippen LogP contribution in [0.15, 0.2) is 30.3 Å². The average molecular weight is 231 g/mol. The van der Waals surface area contributed by atoms with Gasteiger partial charge in [-0.1, -0.05) is 24.3 Å². The Labute approximate surface area is 101 Å². The fourth-order valence-corrected chi connectivity index (χ4v) is 1.91. The van der Waals surface area contributed by atoms with E-state index in [4.69, 9.17) is 5.73 Å². The van der Waals surface area contributed by atoms with Crippen molar-refractivity contribution in [1.82, 2.24) is 5.01 Å². The lowest BCUT2D eigenvalue weighted by molar-refractivity contribution is -0.126. The molecule has 2 N–H and O–H groups in total. The molecule has 90 valence electrons. The third-order valence-corrected chi connectivity index (χ3v) is 2.90. The summed E-state index contributed by atoms with van der Waals surface area (Å²) in [7, 11) is 1.80. The van der Waals surface area contributed by atoms with Crippen LogP contribution in [0.2, 0.25) is 0 Å². The standard InChI is InChI=1S/C13H17N3O/c1-15-13(17)8-10-16(15)12-6-4-11(5-7-12)3-2-9-14/h2-7H,8-10,14H2,1H3/b3-2+. The Hall–Kier alpha value is -1.81. The van der Waals surface area contributed by atoms with E-state index >= 15 is 0 Å². The van der Waals surface area contributed by atoms with Crippen molar-refractivity contribution in [1.29, 1.82) is 0 Å². The smallest absolute Gasteiger partial charge is 0.242 e. The lowest BCUT2D eigenvalue weighted by atomic mass is 10.2. The summed E-state index contributed by atoms with van der Waals surface area (Å²) in [4.78, 5) is 11.4. The number of anilines is 1. The van der Waals surface area contributed by atoms with Crippen molar-refractivity contribution in [3.63, 3.8) is 0 Å². The number of carbonyl (C=O) groups is 1. The van der Waals surface area contributed by atoms with Gasteiger partial charge in [-0.05, 0) is 17.7 Å². The Morgan fingerprint density at radius 3 is 2.59 bits per heavy atom. The minimum Gasteiger partial charge on any atom is -0.327 e. The predicted octanol–water partition coefficient (Wildman–Crippen LogP) is 1.24. The van der Waals surface area contributed by atoms with Crippen LogP contribution in [0.3, 0.4) is 0 Å². The first-order valence-electron chi connectivity index (χ1n) is 5.73. The number of hydrazine groups is 1. The van der Waals surface area contributed by atoms with Gasteiger partial charge in [0.15, 0.2) is 0 Å². The highest BCUT2D eigenvalue weighted by Crippen LogP contribution is 2.21. The van der Waals surface area contributed by atoms with Gasteiger partial charge in [0, 0.05) is 26.6 Å². The maximum Gasteiger partial charge on any atom is 0.242 e. The third-order valence-electron chi connectivity index (χ3n) is 2.90. The third kappa shape index (κ3) is 2.47. The van der Waals surface area contributed by atoms with Gasteiger partial charge in [-0.15, -0.1) is 0 Å². The first-order chi connectivity index (χ1) is 8.22. The van der Waals surface area contributed by atoms with Crippen LogP contribution in [0.25, 0.3) is 6.08 Å². The van der Waals surface area contributed by atoms with Crippen molar-refractivity contribution < 1.29 is 4.79 Å². The fourth-order valence-electron chi connectivity index (χ4n) is 1.91. The predicted molar refractivity (Wildman–Crippen MR) is 69.3 cm³/mol. The highest BCUT2D eigenvalue weighted by molar-refractivity contribution is 5.81. The molecule has 1 aromatic rings. The Balaban J connectivity index is 2.13. The second kappa shape index (κ2) is 5.01. The van der Waals surface area contributed by atoms with E-state index < -0.39 is 0 Å². The lowest BCUT2D eigenvalue weighted by Crippen LogP contribution is -2.35. The molecule has 0 aromatic heterocycles. The van der Waals surface area contributed by atoms with Crippen molar-refractivity contribution >= 4 is 17.7 Å². The van der Waals surface area contributed by atoms with Crippen molar-refractivity contribution in [3.05, 3.63) is 35.9 Å². The molecule has 2 rings (SSSR count). The van der Waals surface area contributed by atoms with Crippen molar-refractivity contribution in [2.45, 2.75) is 6.42 Å². The highest BCUT2D eigenvalue weighted by Gasteiger charge is 2.25. The van der Waals surface area contributed by atoms with E-state index in [1.807, 2.05) is 41.4 Å². The van der Waals surface area contributed by atoms with Gasteiger partial charge in [-0.2, -0.15) is 0 Å². The minimum atomic E-state index is 0.164. The quantitative estimate of drug-likeness (QED) is 0.851. The molecule has 1 aromatic carbocycles. The molecule has 0 spiro atoms. The molecule has 17 heavy (non-hydrogen) atoms. The van der Waals surface area contributed by atoms with E-state index in [0.717, 1.165) is 17.8 Å². The molecule has 0 radical (unpaired) electrons. The zero-order chi connectivity index (χ0) is 12.3. The molecule has 4 nitrogen and oxygen atoms in total.